The van der Waals surface area contributed by atoms with Gasteiger partial charge < -0.3 is 9.53 Å². The Balaban J connectivity index is 3.35. The molecule has 1 rings (SSSR count). The Bertz CT molecular complexity index is 366. The standard InChI is InChI=1S/C9H7ClF2O2/c1-14-9-5(2-3-13)4-6(11)8(12)7(9)10/h3-4H,2H2,1H3. The van der Waals surface area contributed by atoms with Crippen molar-refractivity contribution in [2.75, 3.05) is 7.11 Å². The predicted octanol–water partition coefficient (Wildman–Crippen LogP) is 2.37. The average molecular weight is 221 g/mol. The Morgan fingerprint density at radius 3 is 2.71 bits per heavy atom. The third-order valence-corrected chi connectivity index (χ3v) is 2.04. The van der Waals surface area contributed by atoms with Gasteiger partial charge in [0.2, 0.25) is 0 Å². The van der Waals surface area contributed by atoms with Crippen LogP contribution in [-0.2, 0) is 11.2 Å². The lowest BCUT2D eigenvalue weighted by molar-refractivity contribution is -0.107. The fourth-order valence-corrected chi connectivity index (χ4v) is 1.38. The summed E-state index contributed by atoms with van der Waals surface area (Å²) >= 11 is 5.48. The first-order valence-corrected chi connectivity index (χ1v) is 4.13. The molecule has 0 saturated heterocycles. The lowest BCUT2D eigenvalue weighted by Crippen LogP contribution is -1.98. The Labute approximate surface area is 84.4 Å². The molecule has 0 unspecified atom stereocenters. The maximum absolute atomic E-state index is 12.9. The number of benzene rings is 1. The van der Waals surface area contributed by atoms with Gasteiger partial charge in [0.1, 0.15) is 17.1 Å². The van der Waals surface area contributed by atoms with Gasteiger partial charge in [-0.15, -0.1) is 0 Å². The number of methoxy groups -OCH3 is 1. The molecular formula is C9H7ClF2O2. The molecule has 0 aliphatic carbocycles. The number of aldehydes is 1. The topological polar surface area (TPSA) is 26.3 Å². The highest BCUT2D eigenvalue weighted by Crippen LogP contribution is 2.32. The van der Waals surface area contributed by atoms with Crippen LogP contribution in [-0.4, -0.2) is 13.4 Å². The fraction of sp³-hybridized carbons (Fsp3) is 0.222. The maximum Gasteiger partial charge on any atom is 0.181 e. The molecule has 76 valence electrons. The van der Waals surface area contributed by atoms with Crippen LogP contribution in [0.15, 0.2) is 6.07 Å². The number of rotatable bonds is 3. The van der Waals surface area contributed by atoms with E-state index < -0.39 is 16.7 Å². The lowest BCUT2D eigenvalue weighted by atomic mass is 10.1. The minimum atomic E-state index is -1.17. The third-order valence-electron chi connectivity index (χ3n) is 1.70. The molecule has 5 heteroatoms. The summed E-state index contributed by atoms with van der Waals surface area (Å²) in [5.41, 5.74) is 0.228. The molecule has 0 radical (unpaired) electrons. The van der Waals surface area contributed by atoms with E-state index >= 15 is 0 Å². The first kappa shape index (κ1) is 10.9. The molecule has 0 fully saturated rings. The van der Waals surface area contributed by atoms with E-state index in [9.17, 15) is 13.6 Å². The van der Waals surface area contributed by atoms with Crippen molar-refractivity contribution in [2.24, 2.45) is 0 Å². The van der Waals surface area contributed by atoms with E-state index in [0.717, 1.165) is 6.07 Å². The maximum atomic E-state index is 12.9. The molecular weight excluding hydrogens is 214 g/mol. The van der Waals surface area contributed by atoms with Crippen LogP contribution in [0, 0.1) is 11.6 Å². The molecule has 0 bridgehead atoms. The monoisotopic (exact) mass is 220 g/mol. The highest BCUT2D eigenvalue weighted by molar-refractivity contribution is 6.32. The number of halogens is 3. The van der Waals surface area contributed by atoms with Crippen molar-refractivity contribution >= 4 is 17.9 Å². The zero-order valence-electron chi connectivity index (χ0n) is 7.31. The molecule has 0 aromatic heterocycles. The summed E-state index contributed by atoms with van der Waals surface area (Å²) < 4.78 is 30.5. The van der Waals surface area contributed by atoms with Crippen molar-refractivity contribution in [2.45, 2.75) is 6.42 Å². The highest BCUT2D eigenvalue weighted by Gasteiger charge is 2.17. The van der Waals surface area contributed by atoms with Crippen LogP contribution in [0.2, 0.25) is 5.02 Å². The first-order chi connectivity index (χ1) is 6.61. The van der Waals surface area contributed by atoms with Crippen LogP contribution < -0.4 is 4.74 Å². The minimum Gasteiger partial charge on any atom is -0.495 e. The molecule has 1 aromatic carbocycles. The van der Waals surface area contributed by atoms with E-state index in [2.05, 4.69) is 0 Å². The normalized spacial score (nSPS) is 10.0. The van der Waals surface area contributed by atoms with E-state index in [1.165, 1.54) is 7.11 Å². The van der Waals surface area contributed by atoms with Crippen LogP contribution in [0.3, 0.4) is 0 Å². The van der Waals surface area contributed by atoms with E-state index in [0.29, 0.717) is 6.29 Å². The zero-order valence-corrected chi connectivity index (χ0v) is 8.07. The van der Waals surface area contributed by atoms with E-state index in [1.807, 2.05) is 0 Å². The van der Waals surface area contributed by atoms with Gasteiger partial charge in [-0.05, 0) is 6.07 Å². The summed E-state index contributed by atoms with van der Waals surface area (Å²) in [7, 11) is 1.27. The zero-order chi connectivity index (χ0) is 10.7. The smallest absolute Gasteiger partial charge is 0.181 e. The molecule has 0 saturated carbocycles. The van der Waals surface area contributed by atoms with Gasteiger partial charge in [0.05, 0.1) is 7.11 Å². The van der Waals surface area contributed by atoms with Crippen molar-refractivity contribution in [3.63, 3.8) is 0 Å². The van der Waals surface area contributed by atoms with Crippen molar-refractivity contribution in [3.05, 3.63) is 28.3 Å². The van der Waals surface area contributed by atoms with Crippen molar-refractivity contribution in [3.8, 4) is 5.75 Å². The molecule has 0 spiro atoms. The Morgan fingerprint density at radius 2 is 2.21 bits per heavy atom. The number of ether oxygens (including phenoxy) is 1. The summed E-state index contributed by atoms with van der Waals surface area (Å²) in [6, 6.07) is 0.897. The van der Waals surface area contributed by atoms with E-state index in [1.54, 1.807) is 0 Å². The molecule has 0 amide bonds. The van der Waals surface area contributed by atoms with Crippen molar-refractivity contribution in [1.82, 2.24) is 0 Å². The van der Waals surface area contributed by atoms with Crippen LogP contribution in [0.5, 0.6) is 5.75 Å². The Hall–Kier alpha value is -1.16. The summed E-state index contributed by atoms with van der Waals surface area (Å²) in [5.74, 6) is -2.26. The summed E-state index contributed by atoms with van der Waals surface area (Å²) in [6.45, 7) is 0. The Kier molecular flexibility index (Phi) is 3.41. The van der Waals surface area contributed by atoms with Crippen LogP contribution in [0.25, 0.3) is 0 Å². The summed E-state index contributed by atoms with van der Waals surface area (Å²) in [6.07, 6.45) is 0.492. The average Bonchev–Trinajstić information content (AvgIpc) is 2.16. The molecule has 14 heavy (non-hydrogen) atoms. The third kappa shape index (κ3) is 1.85. The number of carbonyl (C=O) groups is 1. The SMILES string of the molecule is COc1c(CC=O)cc(F)c(F)c1Cl. The molecule has 0 heterocycles. The first-order valence-electron chi connectivity index (χ1n) is 3.75. The predicted molar refractivity (Wildman–Crippen MR) is 47.7 cm³/mol. The van der Waals surface area contributed by atoms with Crippen LogP contribution in [0.1, 0.15) is 5.56 Å². The number of carbonyl (C=O) groups excluding carboxylic acids is 1. The minimum absolute atomic E-state index is 0.00216. The van der Waals surface area contributed by atoms with Crippen LogP contribution in [0.4, 0.5) is 8.78 Å². The van der Waals surface area contributed by atoms with Crippen LogP contribution >= 0.6 is 11.6 Å². The van der Waals surface area contributed by atoms with E-state index in [-0.39, 0.29) is 17.7 Å². The molecule has 0 aliphatic heterocycles. The van der Waals surface area contributed by atoms with Gasteiger partial charge in [-0.1, -0.05) is 11.6 Å². The molecule has 1 aromatic rings. The van der Waals surface area contributed by atoms with Gasteiger partial charge in [0.15, 0.2) is 11.6 Å². The second kappa shape index (κ2) is 4.37. The summed E-state index contributed by atoms with van der Waals surface area (Å²) in [5, 5.41) is -0.440. The van der Waals surface area contributed by atoms with Crippen molar-refractivity contribution < 1.29 is 18.3 Å². The van der Waals surface area contributed by atoms with E-state index in [4.69, 9.17) is 16.3 Å². The number of hydrogen-bond acceptors (Lipinski definition) is 2. The molecule has 0 atom stereocenters. The Morgan fingerprint density at radius 1 is 1.57 bits per heavy atom. The number of hydrogen-bond donors (Lipinski definition) is 0. The second-order valence-electron chi connectivity index (χ2n) is 2.55. The van der Waals surface area contributed by atoms with Gasteiger partial charge >= 0.3 is 0 Å². The highest BCUT2D eigenvalue weighted by atomic mass is 35.5. The molecule has 0 aliphatic rings. The van der Waals surface area contributed by atoms with Gasteiger partial charge in [-0.2, -0.15) is 0 Å². The lowest BCUT2D eigenvalue weighted by Gasteiger charge is -2.09. The largest absolute Gasteiger partial charge is 0.495 e. The van der Waals surface area contributed by atoms with Crippen molar-refractivity contribution in [1.29, 1.82) is 0 Å². The van der Waals surface area contributed by atoms with Gasteiger partial charge in [-0.3, -0.25) is 0 Å². The molecule has 2 nitrogen and oxygen atoms in total. The quantitative estimate of drug-likeness (QED) is 0.578. The van der Waals surface area contributed by atoms with Gasteiger partial charge in [-0.25, -0.2) is 8.78 Å². The second-order valence-corrected chi connectivity index (χ2v) is 2.93. The fourth-order valence-electron chi connectivity index (χ4n) is 1.09. The summed E-state index contributed by atoms with van der Waals surface area (Å²) in [4.78, 5) is 10.2. The van der Waals surface area contributed by atoms with Gasteiger partial charge in [0, 0.05) is 12.0 Å². The molecule has 0 N–H and O–H groups in total. The van der Waals surface area contributed by atoms with Gasteiger partial charge in [0.25, 0.3) is 0 Å².